The summed E-state index contributed by atoms with van der Waals surface area (Å²) >= 11 is 5.74. The first-order valence-electron chi connectivity index (χ1n) is 6.81. The van der Waals surface area contributed by atoms with Gasteiger partial charge in [0.05, 0.1) is 6.10 Å². The molecular weight excluding hydrogens is 262 g/mol. The van der Waals surface area contributed by atoms with E-state index in [4.69, 9.17) is 11.6 Å². The highest BCUT2D eigenvalue weighted by atomic mass is 35.5. The van der Waals surface area contributed by atoms with Crippen molar-refractivity contribution in [3.05, 3.63) is 35.4 Å². The number of halogens is 1. The molecule has 1 aromatic rings. The topological polar surface area (TPSA) is 40.5 Å². The molecule has 1 aromatic carbocycles. The van der Waals surface area contributed by atoms with E-state index in [1.54, 1.807) is 0 Å². The first-order valence-corrected chi connectivity index (χ1v) is 7.34. The van der Waals surface area contributed by atoms with Crippen molar-refractivity contribution < 1.29 is 9.90 Å². The number of fused-ring (bicyclic) bond motifs is 1. The van der Waals surface area contributed by atoms with Crippen molar-refractivity contribution in [2.24, 2.45) is 11.8 Å². The number of rotatable bonds is 2. The van der Waals surface area contributed by atoms with Crippen LogP contribution in [0, 0.1) is 11.8 Å². The number of aliphatic hydroxyl groups excluding tert-OH is 1. The van der Waals surface area contributed by atoms with Crippen LogP contribution in [0.25, 0.3) is 0 Å². The van der Waals surface area contributed by atoms with Gasteiger partial charge in [0.2, 0.25) is 0 Å². The lowest BCUT2D eigenvalue weighted by Gasteiger charge is -2.18. The van der Waals surface area contributed by atoms with Crippen LogP contribution in [0.5, 0.6) is 0 Å². The lowest BCUT2D eigenvalue weighted by Crippen LogP contribution is -2.31. The lowest BCUT2D eigenvalue weighted by molar-refractivity contribution is 0.0752. The molecule has 19 heavy (non-hydrogen) atoms. The Morgan fingerprint density at radius 2 is 2.00 bits per heavy atom. The van der Waals surface area contributed by atoms with Gasteiger partial charge in [-0.05, 0) is 36.5 Å². The van der Waals surface area contributed by atoms with Gasteiger partial charge in [-0.15, -0.1) is 11.6 Å². The zero-order valence-corrected chi connectivity index (χ0v) is 11.5. The van der Waals surface area contributed by atoms with Gasteiger partial charge in [-0.2, -0.15) is 0 Å². The maximum absolute atomic E-state index is 12.4. The number of alkyl halides is 1. The lowest BCUT2D eigenvalue weighted by atomic mass is 10.00. The van der Waals surface area contributed by atoms with Crippen LogP contribution in [0.4, 0.5) is 0 Å². The Hall–Kier alpha value is -1.06. The van der Waals surface area contributed by atoms with Crippen molar-refractivity contribution in [1.82, 2.24) is 4.90 Å². The maximum Gasteiger partial charge on any atom is 0.253 e. The van der Waals surface area contributed by atoms with Gasteiger partial charge in [-0.25, -0.2) is 0 Å². The second-order valence-electron chi connectivity index (χ2n) is 5.61. The zero-order valence-electron chi connectivity index (χ0n) is 10.8. The van der Waals surface area contributed by atoms with Crippen LogP contribution < -0.4 is 0 Å². The molecule has 1 aliphatic heterocycles. The Morgan fingerprint density at radius 1 is 1.26 bits per heavy atom. The third-order valence-electron chi connectivity index (χ3n) is 4.46. The molecule has 102 valence electrons. The molecule has 0 aromatic heterocycles. The Bertz CT molecular complexity index is 474. The van der Waals surface area contributed by atoms with E-state index in [9.17, 15) is 9.90 Å². The molecule has 3 atom stereocenters. The van der Waals surface area contributed by atoms with Gasteiger partial charge < -0.3 is 10.0 Å². The summed E-state index contributed by atoms with van der Waals surface area (Å²) in [5.41, 5.74) is 1.73. The van der Waals surface area contributed by atoms with Gasteiger partial charge >= 0.3 is 0 Å². The second kappa shape index (κ2) is 5.14. The Kier molecular flexibility index (Phi) is 3.50. The highest BCUT2D eigenvalue weighted by molar-refractivity contribution is 6.17. The van der Waals surface area contributed by atoms with Crippen LogP contribution in [-0.4, -0.2) is 35.1 Å². The van der Waals surface area contributed by atoms with Crippen molar-refractivity contribution in [3.63, 3.8) is 0 Å². The molecule has 1 heterocycles. The predicted molar refractivity (Wildman–Crippen MR) is 74.1 cm³/mol. The summed E-state index contributed by atoms with van der Waals surface area (Å²) in [4.78, 5) is 14.3. The molecule has 1 N–H and O–H groups in total. The van der Waals surface area contributed by atoms with Gasteiger partial charge in [0.15, 0.2) is 0 Å². The van der Waals surface area contributed by atoms with Gasteiger partial charge in [0.1, 0.15) is 0 Å². The molecule has 3 rings (SSSR count). The normalized spacial score (nSPS) is 29.6. The smallest absolute Gasteiger partial charge is 0.253 e. The van der Waals surface area contributed by atoms with Crippen LogP contribution in [0.2, 0.25) is 0 Å². The number of carbonyl (C=O) groups excluding carboxylic acids is 1. The highest BCUT2D eigenvalue weighted by Crippen LogP contribution is 2.38. The molecule has 1 saturated carbocycles. The van der Waals surface area contributed by atoms with Crippen LogP contribution in [0.3, 0.4) is 0 Å². The summed E-state index contributed by atoms with van der Waals surface area (Å²) in [5, 5.41) is 9.89. The summed E-state index contributed by atoms with van der Waals surface area (Å²) in [6, 6.07) is 7.47. The fraction of sp³-hybridized carbons (Fsp3) is 0.533. The molecule has 1 aliphatic carbocycles. The molecule has 3 unspecified atom stereocenters. The van der Waals surface area contributed by atoms with Crippen LogP contribution in [0.15, 0.2) is 24.3 Å². The summed E-state index contributed by atoms with van der Waals surface area (Å²) in [6.45, 7) is 1.49. The quantitative estimate of drug-likeness (QED) is 0.844. The van der Waals surface area contributed by atoms with E-state index in [0.717, 1.165) is 24.9 Å². The van der Waals surface area contributed by atoms with Gasteiger partial charge in [-0.3, -0.25) is 4.79 Å². The van der Waals surface area contributed by atoms with E-state index >= 15 is 0 Å². The number of carbonyl (C=O) groups is 1. The molecular formula is C15H18ClNO2. The van der Waals surface area contributed by atoms with Crippen molar-refractivity contribution in [2.45, 2.75) is 24.8 Å². The van der Waals surface area contributed by atoms with Crippen LogP contribution in [-0.2, 0) is 5.88 Å². The number of hydrogen-bond acceptors (Lipinski definition) is 2. The minimum Gasteiger partial charge on any atom is -0.393 e. The summed E-state index contributed by atoms with van der Waals surface area (Å²) in [5.74, 6) is 1.31. The minimum absolute atomic E-state index is 0.0720. The van der Waals surface area contributed by atoms with E-state index < -0.39 is 0 Å². The number of nitrogens with zero attached hydrogens (tertiary/aromatic N) is 1. The number of benzene rings is 1. The van der Waals surface area contributed by atoms with Crippen molar-refractivity contribution in [1.29, 1.82) is 0 Å². The Labute approximate surface area is 118 Å². The summed E-state index contributed by atoms with van der Waals surface area (Å²) < 4.78 is 0. The standard InChI is InChI=1S/C15H18ClNO2/c16-7-10-1-3-11(4-2-10)15(19)17-8-12-5-6-14(18)13(12)9-17/h1-4,12-14,18H,5-9H2. The SMILES string of the molecule is O=C(c1ccc(CCl)cc1)N1CC2CCC(O)C2C1. The van der Waals surface area contributed by atoms with E-state index in [2.05, 4.69) is 0 Å². The average molecular weight is 280 g/mol. The fourth-order valence-electron chi connectivity index (χ4n) is 3.32. The number of aliphatic hydroxyl groups is 1. The van der Waals surface area contributed by atoms with Gasteiger partial charge in [0, 0.05) is 30.5 Å². The molecule has 2 aliphatic rings. The van der Waals surface area contributed by atoms with Gasteiger partial charge in [-0.1, -0.05) is 12.1 Å². The zero-order chi connectivity index (χ0) is 13.4. The third kappa shape index (κ3) is 2.37. The fourth-order valence-corrected chi connectivity index (χ4v) is 3.50. The van der Waals surface area contributed by atoms with Crippen LogP contribution in [0.1, 0.15) is 28.8 Å². The number of amides is 1. The Morgan fingerprint density at radius 3 is 2.63 bits per heavy atom. The highest BCUT2D eigenvalue weighted by Gasteiger charge is 2.43. The van der Waals surface area contributed by atoms with Crippen LogP contribution >= 0.6 is 11.6 Å². The summed E-state index contributed by atoms with van der Waals surface area (Å²) in [6.07, 6.45) is 1.71. The molecule has 4 heteroatoms. The van der Waals surface area contributed by atoms with E-state index in [0.29, 0.717) is 23.9 Å². The van der Waals surface area contributed by atoms with E-state index in [1.165, 1.54) is 0 Å². The first-order chi connectivity index (χ1) is 9.19. The number of likely N-dealkylation sites (tertiary alicyclic amines) is 1. The Balaban J connectivity index is 1.71. The molecule has 1 saturated heterocycles. The van der Waals surface area contributed by atoms with Gasteiger partial charge in [0.25, 0.3) is 5.91 Å². The monoisotopic (exact) mass is 279 g/mol. The van der Waals surface area contributed by atoms with E-state index in [1.807, 2.05) is 29.2 Å². The third-order valence-corrected chi connectivity index (χ3v) is 4.77. The van der Waals surface area contributed by atoms with Crippen molar-refractivity contribution in [2.75, 3.05) is 13.1 Å². The maximum atomic E-state index is 12.4. The molecule has 0 bridgehead atoms. The first kappa shape index (κ1) is 12.9. The molecule has 0 radical (unpaired) electrons. The minimum atomic E-state index is -0.221. The van der Waals surface area contributed by atoms with Crippen molar-refractivity contribution in [3.8, 4) is 0 Å². The molecule has 3 nitrogen and oxygen atoms in total. The molecule has 2 fully saturated rings. The second-order valence-corrected chi connectivity index (χ2v) is 5.88. The molecule has 1 amide bonds. The number of hydrogen-bond donors (Lipinski definition) is 1. The van der Waals surface area contributed by atoms with E-state index in [-0.39, 0.29) is 17.9 Å². The average Bonchev–Trinajstić information content (AvgIpc) is 3.01. The molecule has 0 spiro atoms. The largest absolute Gasteiger partial charge is 0.393 e. The van der Waals surface area contributed by atoms with Crippen molar-refractivity contribution >= 4 is 17.5 Å². The predicted octanol–water partition coefficient (Wildman–Crippen LogP) is 2.27. The summed E-state index contributed by atoms with van der Waals surface area (Å²) in [7, 11) is 0.